The Bertz CT molecular complexity index is 777. The molecule has 3 rings (SSSR count). The lowest BCUT2D eigenvalue weighted by Gasteiger charge is -2.16. The highest BCUT2D eigenvalue weighted by Gasteiger charge is 2.56. The van der Waals surface area contributed by atoms with E-state index < -0.39 is 5.41 Å². The van der Waals surface area contributed by atoms with E-state index in [9.17, 15) is 9.59 Å². The third kappa shape index (κ3) is 4.08. The molecule has 1 fully saturated rings. The first kappa shape index (κ1) is 17.2. The van der Waals surface area contributed by atoms with Crippen LogP contribution in [0, 0.1) is 19.3 Å². The molecule has 0 aromatic heterocycles. The van der Waals surface area contributed by atoms with Crippen molar-refractivity contribution in [3.63, 3.8) is 0 Å². The van der Waals surface area contributed by atoms with E-state index in [-0.39, 0.29) is 11.8 Å². The predicted molar refractivity (Wildman–Crippen MR) is 97.7 cm³/mol. The Hall–Kier alpha value is -2.62. The summed E-state index contributed by atoms with van der Waals surface area (Å²) in [5.74, 6) is -0.342. The minimum Gasteiger partial charge on any atom is -0.351 e. The van der Waals surface area contributed by atoms with Crippen LogP contribution in [0.5, 0.6) is 0 Å². The lowest BCUT2D eigenvalue weighted by atomic mass is 10.0. The van der Waals surface area contributed by atoms with Gasteiger partial charge in [-0.3, -0.25) is 9.59 Å². The summed E-state index contributed by atoms with van der Waals surface area (Å²) < 4.78 is 0. The molecule has 0 bridgehead atoms. The van der Waals surface area contributed by atoms with Crippen LogP contribution in [-0.4, -0.2) is 11.8 Å². The van der Waals surface area contributed by atoms with Crippen LogP contribution < -0.4 is 10.6 Å². The molecule has 0 spiro atoms. The van der Waals surface area contributed by atoms with Crippen LogP contribution in [0.2, 0.25) is 0 Å². The monoisotopic (exact) mass is 336 g/mol. The Balaban J connectivity index is 1.54. The highest BCUT2D eigenvalue weighted by Crippen LogP contribution is 2.46. The number of carbonyl (C=O) groups excluding carboxylic acids is 2. The van der Waals surface area contributed by atoms with Gasteiger partial charge < -0.3 is 10.6 Å². The summed E-state index contributed by atoms with van der Waals surface area (Å²) >= 11 is 0. The van der Waals surface area contributed by atoms with Crippen LogP contribution >= 0.6 is 0 Å². The van der Waals surface area contributed by atoms with E-state index in [0.717, 1.165) is 16.7 Å². The Morgan fingerprint density at radius 3 is 2.00 bits per heavy atom. The van der Waals surface area contributed by atoms with Crippen LogP contribution in [0.1, 0.15) is 35.1 Å². The average Bonchev–Trinajstić information content (AvgIpc) is 3.41. The number of hydrogen-bond acceptors (Lipinski definition) is 2. The Morgan fingerprint density at radius 2 is 1.44 bits per heavy atom. The molecule has 4 nitrogen and oxygen atoms in total. The number of rotatable bonds is 6. The SMILES string of the molecule is Cc1ccc(CNC(=O)C2(C(=O)NCc3cccc(C)c3)CC2)cc1. The minimum absolute atomic E-state index is 0.171. The third-order valence-corrected chi connectivity index (χ3v) is 4.73. The maximum Gasteiger partial charge on any atom is 0.235 e. The van der Waals surface area contributed by atoms with Crippen molar-refractivity contribution < 1.29 is 9.59 Å². The van der Waals surface area contributed by atoms with Crippen molar-refractivity contribution in [2.45, 2.75) is 39.8 Å². The van der Waals surface area contributed by atoms with Gasteiger partial charge in [0, 0.05) is 13.1 Å². The summed E-state index contributed by atoms with van der Waals surface area (Å²) in [6.45, 7) is 4.95. The molecule has 0 heterocycles. The van der Waals surface area contributed by atoms with E-state index in [1.807, 2.05) is 62.4 Å². The van der Waals surface area contributed by atoms with E-state index in [1.54, 1.807) is 0 Å². The number of nitrogens with one attached hydrogen (secondary N) is 2. The number of aryl methyl sites for hydroxylation is 2. The molecule has 0 aliphatic heterocycles. The summed E-state index contributed by atoms with van der Waals surface area (Å²) in [4.78, 5) is 25.0. The summed E-state index contributed by atoms with van der Waals surface area (Å²) in [7, 11) is 0. The average molecular weight is 336 g/mol. The maximum absolute atomic E-state index is 12.5. The third-order valence-electron chi connectivity index (χ3n) is 4.73. The molecule has 2 aromatic rings. The van der Waals surface area contributed by atoms with Crippen molar-refractivity contribution in [3.05, 3.63) is 70.8 Å². The summed E-state index contributed by atoms with van der Waals surface area (Å²) in [6.07, 6.45) is 1.23. The fourth-order valence-electron chi connectivity index (χ4n) is 2.91. The molecule has 25 heavy (non-hydrogen) atoms. The van der Waals surface area contributed by atoms with Gasteiger partial charge in [-0.05, 0) is 37.8 Å². The van der Waals surface area contributed by atoms with Crippen LogP contribution in [0.3, 0.4) is 0 Å². The molecule has 2 N–H and O–H groups in total. The van der Waals surface area contributed by atoms with E-state index in [0.29, 0.717) is 25.9 Å². The molecule has 1 aliphatic carbocycles. The quantitative estimate of drug-likeness (QED) is 0.797. The smallest absolute Gasteiger partial charge is 0.235 e. The van der Waals surface area contributed by atoms with Crippen molar-refractivity contribution in [2.24, 2.45) is 5.41 Å². The van der Waals surface area contributed by atoms with Crippen molar-refractivity contribution in [2.75, 3.05) is 0 Å². The van der Waals surface area contributed by atoms with Gasteiger partial charge in [-0.1, -0.05) is 59.7 Å². The van der Waals surface area contributed by atoms with E-state index >= 15 is 0 Å². The largest absolute Gasteiger partial charge is 0.351 e. The Kier molecular flexibility index (Phi) is 4.88. The number of benzene rings is 2. The van der Waals surface area contributed by atoms with Gasteiger partial charge in [0.25, 0.3) is 0 Å². The second-order valence-corrected chi connectivity index (χ2v) is 6.92. The summed E-state index contributed by atoms with van der Waals surface area (Å²) in [5, 5.41) is 5.83. The first-order chi connectivity index (χ1) is 12.0. The predicted octanol–water partition coefficient (Wildman–Crippen LogP) is 3.02. The summed E-state index contributed by atoms with van der Waals surface area (Å²) in [5.41, 5.74) is 3.54. The van der Waals surface area contributed by atoms with Crippen molar-refractivity contribution in [3.8, 4) is 0 Å². The molecule has 0 saturated heterocycles. The number of carbonyl (C=O) groups is 2. The highest BCUT2D eigenvalue weighted by molar-refractivity contribution is 6.07. The molecule has 0 atom stereocenters. The second-order valence-electron chi connectivity index (χ2n) is 6.92. The molecule has 1 aliphatic rings. The minimum atomic E-state index is -0.880. The molecule has 0 radical (unpaired) electrons. The van der Waals surface area contributed by atoms with Gasteiger partial charge in [-0.15, -0.1) is 0 Å². The topological polar surface area (TPSA) is 58.2 Å². The zero-order valence-electron chi connectivity index (χ0n) is 14.8. The van der Waals surface area contributed by atoms with Gasteiger partial charge in [0.1, 0.15) is 5.41 Å². The van der Waals surface area contributed by atoms with Crippen LogP contribution in [0.15, 0.2) is 48.5 Å². The van der Waals surface area contributed by atoms with Crippen LogP contribution in [-0.2, 0) is 22.7 Å². The van der Waals surface area contributed by atoms with Crippen LogP contribution in [0.25, 0.3) is 0 Å². The van der Waals surface area contributed by atoms with Crippen molar-refractivity contribution >= 4 is 11.8 Å². The molecule has 130 valence electrons. The zero-order chi connectivity index (χ0) is 17.9. The lowest BCUT2D eigenvalue weighted by Crippen LogP contribution is -2.42. The van der Waals surface area contributed by atoms with E-state index in [2.05, 4.69) is 10.6 Å². The maximum atomic E-state index is 12.5. The van der Waals surface area contributed by atoms with Gasteiger partial charge in [0.2, 0.25) is 11.8 Å². The molecule has 0 unspecified atom stereocenters. The molecule has 4 heteroatoms. The van der Waals surface area contributed by atoms with Crippen molar-refractivity contribution in [1.29, 1.82) is 0 Å². The summed E-state index contributed by atoms with van der Waals surface area (Å²) in [6, 6.07) is 16.0. The van der Waals surface area contributed by atoms with Gasteiger partial charge in [0.15, 0.2) is 0 Å². The van der Waals surface area contributed by atoms with Gasteiger partial charge >= 0.3 is 0 Å². The highest BCUT2D eigenvalue weighted by atomic mass is 16.2. The second kappa shape index (κ2) is 7.09. The molecular weight excluding hydrogens is 312 g/mol. The number of amides is 2. The first-order valence-electron chi connectivity index (χ1n) is 8.67. The standard InChI is InChI=1S/C21H24N2O2/c1-15-6-8-17(9-7-15)13-22-19(24)21(10-11-21)20(25)23-14-18-5-3-4-16(2)12-18/h3-9,12H,10-11,13-14H2,1-2H3,(H,22,24)(H,23,25). The molecule has 1 saturated carbocycles. The normalized spacial score (nSPS) is 14.6. The van der Waals surface area contributed by atoms with Gasteiger partial charge in [-0.25, -0.2) is 0 Å². The van der Waals surface area contributed by atoms with E-state index in [1.165, 1.54) is 5.56 Å². The molecule has 2 aromatic carbocycles. The first-order valence-corrected chi connectivity index (χ1v) is 8.67. The van der Waals surface area contributed by atoms with Gasteiger partial charge in [0.05, 0.1) is 0 Å². The van der Waals surface area contributed by atoms with Gasteiger partial charge in [-0.2, -0.15) is 0 Å². The van der Waals surface area contributed by atoms with Crippen molar-refractivity contribution in [1.82, 2.24) is 10.6 Å². The van der Waals surface area contributed by atoms with Crippen LogP contribution in [0.4, 0.5) is 0 Å². The zero-order valence-corrected chi connectivity index (χ0v) is 14.8. The molecule has 2 amide bonds. The Morgan fingerprint density at radius 1 is 0.840 bits per heavy atom. The fourth-order valence-corrected chi connectivity index (χ4v) is 2.91. The molecular formula is C21H24N2O2. The Labute approximate surface area is 148 Å². The number of hydrogen-bond donors (Lipinski definition) is 2. The van der Waals surface area contributed by atoms with E-state index in [4.69, 9.17) is 0 Å². The fraction of sp³-hybridized carbons (Fsp3) is 0.333. The lowest BCUT2D eigenvalue weighted by molar-refractivity contribution is -0.137.